The summed E-state index contributed by atoms with van der Waals surface area (Å²) in [4.78, 5) is 13.4. The van der Waals surface area contributed by atoms with Gasteiger partial charge in [0.15, 0.2) is 0 Å². The van der Waals surface area contributed by atoms with Crippen molar-refractivity contribution in [3.05, 3.63) is 23.8 Å². The van der Waals surface area contributed by atoms with Crippen molar-refractivity contribution in [2.24, 2.45) is 0 Å². The molecule has 7 heteroatoms. The zero-order valence-electron chi connectivity index (χ0n) is 9.72. The van der Waals surface area contributed by atoms with Crippen LogP contribution in [0.2, 0.25) is 0 Å². The predicted octanol–water partition coefficient (Wildman–Crippen LogP) is 1.15. The number of amides is 1. The third-order valence-corrected chi connectivity index (χ3v) is 4.15. The summed E-state index contributed by atoms with van der Waals surface area (Å²) < 4.78 is 27.2. The van der Waals surface area contributed by atoms with Crippen LogP contribution in [0.3, 0.4) is 0 Å². The van der Waals surface area contributed by atoms with Crippen molar-refractivity contribution in [1.29, 1.82) is 0 Å². The van der Waals surface area contributed by atoms with Crippen LogP contribution >= 0.6 is 10.7 Å². The Balaban J connectivity index is 2.34. The number of carbonyl (C=O) groups excluding carboxylic acids is 1. The highest BCUT2D eigenvalue weighted by molar-refractivity contribution is 8.13. The smallest absolute Gasteiger partial charge is 0.261 e. The molecule has 1 aliphatic heterocycles. The number of fused-ring (bicyclic) bond motifs is 1. The molecule has 0 fully saturated rings. The van der Waals surface area contributed by atoms with Crippen LogP contribution in [0.4, 0.5) is 5.69 Å². The number of hydrogen-bond donors (Lipinski definition) is 0. The van der Waals surface area contributed by atoms with Crippen LogP contribution in [0.15, 0.2) is 23.1 Å². The molecular formula is C11H12ClNO4S. The van der Waals surface area contributed by atoms with Crippen molar-refractivity contribution in [1.82, 2.24) is 0 Å². The minimum atomic E-state index is -3.73. The lowest BCUT2D eigenvalue weighted by Gasteiger charge is -2.16. The van der Waals surface area contributed by atoms with Gasteiger partial charge in [-0.05, 0) is 30.2 Å². The third-order valence-electron chi connectivity index (χ3n) is 2.80. The molecular weight excluding hydrogens is 278 g/mol. The summed E-state index contributed by atoms with van der Waals surface area (Å²) in [5.74, 6) is -0.141. The van der Waals surface area contributed by atoms with E-state index in [4.69, 9.17) is 15.4 Å². The average molecular weight is 290 g/mol. The Morgan fingerprint density at radius 2 is 2.22 bits per heavy atom. The van der Waals surface area contributed by atoms with Crippen molar-refractivity contribution in [2.75, 3.05) is 25.2 Å². The monoisotopic (exact) mass is 289 g/mol. The minimum Gasteiger partial charge on any atom is -0.375 e. The molecule has 0 atom stereocenters. The fraction of sp³-hybridized carbons (Fsp3) is 0.364. The number of benzene rings is 1. The molecule has 98 valence electrons. The number of carbonyl (C=O) groups is 1. The van der Waals surface area contributed by atoms with E-state index in [0.717, 1.165) is 11.3 Å². The molecule has 18 heavy (non-hydrogen) atoms. The van der Waals surface area contributed by atoms with E-state index in [9.17, 15) is 13.2 Å². The van der Waals surface area contributed by atoms with E-state index in [1.54, 1.807) is 11.0 Å². The van der Waals surface area contributed by atoms with Gasteiger partial charge in [-0.1, -0.05) is 0 Å². The molecule has 1 aliphatic rings. The maximum Gasteiger partial charge on any atom is 0.261 e. The molecule has 0 saturated heterocycles. The van der Waals surface area contributed by atoms with Crippen molar-refractivity contribution in [3.63, 3.8) is 0 Å². The molecule has 0 radical (unpaired) electrons. The molecule has 2 rings (SSSR count). The normalized spacial score (nSPS) is 14.7. The number of hydrogen-bond acceptors (Lipinski definition) is 4. The first-order chi connectivity index (χ1) is 8.43. The van der Waals surface area contributed by atoms with Crippen LogP contribution in [-0.2, 0) is 25.0 Å². The fourth-order valence-electron chi connectivity index (χ4n) is 1.99. The van der Waals surface area contributed by atoms with Gasteiger partial charge in [0, 0.05) is 30.0 Å². The standard InChI is InChI=1S/C11H12ClNO4S/c1-17-7-11(14)13-5-4-8-6-9(18(12,15)16)2-3-10(8)13/h2-3,6H,4-5,7H2,1H3. The van der Waals surface area contributed by atoms with Gasteiger partial charge in [-0.3, -0.25) is 4.79 Å². The van der Waals surface area contributed by atoms with E-state index in [0.29, 0.717) is 13.0 Å². The molecule has 1 heterocycles. The van der Waals surface area contributed by atoms with Gasteiger partial charge in [0.1, 0.15) is 6.61 Å². The van der Waals surface area contributed by atoms with Crippen molar-refractivity contribution >= 4 is 31.3 Å². The molecule has 0 aromatic heterocycles. The highest BCUT2D eigenvalue weighted by Crippen LogP contribution is 2.31. The molecule has 1 aromatic carbocycles. The number of anilines is 1. The number of rotatable bonds is 3. The highest BCUT2D eigenvalue weighted by atomic mass is 35.7. The second-order valence-corrected chi connectivity index (χ2v) is 6.52. The summed E-state index contributed by atoms with van der Waals surface area (Å²) >= 11 is 0. The Kier molecular flexibility index (Phi) is 3.61. The molecule has 1 amide bonds. The van der Waals surface area contributed by atoms with Crippen LogP contribution < -0.4 is 4.90 Å². The Bertz CT molecular complexity index is 585. The Morgan fingerprint density at radius 3 is 2.83 bits per heavy atom. The summed E-state index contributed by atoms with van der Waals surface area (Å²) in [5, 5.41) is 0. The van der Waals surface area contributed by atoms with Gasteiger partial charge < -0.3 is 9.64 Å². The van der Waals surface area contributed by atoms with Crippen LogP contribution in [0.1, 0.15) is 5.56 Å². The summed E-state index contributed by atoms with van der Waals surface area (Å²) in [5.41, 5.74) is 1.53. The third kappa shape index (κ3) is 2.50. The average Bonchev–Trinajstić information content (AvgIpc) is 2.70. The number of methoxy groups -OCH3 is 1. The largest absolute Gasteiger partial charge is 0.375 e. The lowest BCUT2D eigenvalue weighted by molar-refractivity contribution is -0.122. The topological polar surface area (TPSA) is 63.7 Å². The molecule has 5 nitrogen and oxygen atoms in total. The highest BCUT2D eigenvalue weighted by Gasteiger charge is 2.25. The van der Waals surface area contributed by atoms with Crippen LogP contribution in [0, 0.1) is 0 Å². The van der Waals surface area contributed by atoms with Gasteiger partial charge in [-0.25, -0.2) is 8.42 Å². The van der Waals surface area contributed by atoms with E-state index in [2.05, 4.69) is 0 Å². The van der Waals surface area contributed by atoms with Gasteiger partial charge in [0.25, 0.3) is 15.0 Å². The van der Waals surface area contributed by atoms with E-state index in [1.165, 1.54) is 19.2 Å². The van der Waals surface area contributed by atoms with Crippen molar-refractivity contribution in [2.45, 2.75) is 11.3 Å². The maximum atomic E-state index is 11.7. The Labute approximate surface area is 110 Å². The van der Waals surface area contributed by atoms with E-state index in [1.807, 2.05) is 0 Å². The second kappa shape index (κ2) is 4.87. The molecule has 0 unspecified atom stereocenters. The first-order valence-electron chi connectivity index (χ1n) is 5.30. The molecule has 1 aromatic rings. The SMILES string of the molecule is COCC(=O)N1CCc2cc(S(=O)(=O)Cl)ccc21. The minimum absolute atomic E-state index is 0.00892. The summed E-state index contributed by atoms with van der Waals surface area (Å²) in [6, 6.07) is 4.52. The summed E-state index contributed by atoms with van der Waals surface area (Å²) in [6.07, 6.45) is 0.616. The second-order valence-electron chi connectivity index (χ2n) is 3.96. The number of halogens is 1. The fourth-order valence-corrected chi connectivity index (χ4v) is 2.79. The van der Waals surface area contributed by atoms with Crippen LogP contribution in [0.25, 0.3) is 0 Å². The van der Waals surface area contributed by atoms with Gasteiger partial charge in [0.05, 0.1) is 4.90 Å². The molecule has 0 aliphatic carbocycles. The van der Waals surface area contributed by atoms with Gasteiger partial charge >= 0.3 is 0 Å². The van der Waals surface area contributed by atoms with Gasteiger partial charge in [-0.15, -0.1) is 0 Å². The molecule has 0 N–H and O–H groups in total. The summed E-state index contributed by atoms with van der Waals surface area (Å²) in [7, 11) is 3.01. The quantitative estimate of drug-likeness (QED) is 0.783. The van der Waals surface area contributed by atoms with Gasteiger partial charge in [0.2, 0.25) is 0 Å². The Hall–Kier alpha value is -1.11. The van der Waals surface area contributed by atoms with E-state index < -0.39 is 9.05 Å². The predicted molar refractivity (Wildman–Crippen MR) is 67.4 cm³/mol. The van der Waals surface area contributed by atoms with Crippen molar-refractivity contribution in [3.8, 4) is 0 Å². The molecule has 0 spiro atoms. The van der Waals surface area contributed by atoms with Crippen LogP contribution in [-0.4, -0.2) is 34.6 Å². The lowest BCUT2D eigenvalue weighted by atomic mass is 10.2. The first-order valence-corrected chi connectivity index (χ1v) is 7.61. The number of nitrogens with zero attached hydrogens (tertiary/aromatic N) is 1. The van der Waals surface area contributed by atoms with E-state index >= 15 is 0 Å². The van der Waals surface area contributed by atoms with Crippen LogP contribution in [0.5, 0.6) is 0 Å². The zero-order valence-corrected chi connectivity index (χ0v) is 11.3. The summed E-state index contributed by atoms with van der Waals surface area (Å²) in [6.45, 7) is 0.540. The lowest BCUT2D eigenvalue weighted by Crippen LogP contribution is -2.31. The van der Waals surface area contributed by atoms with Gasteiger partial charge in [-0.2, -0.15) is 0 Å². The molecule has 0 bridgehead atoms. The zero-order chi connectivity index (χ0) is 13.3. The molecule has 0 saturated carbocycles. The first kappa shape index (κ1) is 13.3. The maximum absolute atomic E-state index is 11.7. The van der Waals surface area contributed by atoms with Crippen molar-refractivity contribution < 1.29 is 17.9 Å². The number of ether oxygens (including phenoxy) is 1. The Morgan fingerprint density at radius 1 is 1.50 bits per heavy atom. The van der Waals surface area contributed by atoms with E-state index in [-0.39, 0.29) is 17.4 Å².